The van der Waals surface area contributed by atoms with Crippen molar-refractivity contribution in [3.63, 3.8) is 0 Å². The Bertz CT molecular complexity index is 4090. The van der Waals surface area contributed by atoms with Crippen LogP contribution in [0.2, 0.25) is 0 Å². The largest absolute Gasteiger partial charge is 0.461 e. The number of aryl methyl sites for hydroxylation is 1. The smallest absolute Gasteiger partial charge is 0.409 e. The van der Waals surface area contributed by atoms with Crippen LogP contribution in [-0.2, 0) is 36.8 Å². The monoisotopic (exact) mass is 1240 g/mol. The normalized spacial score (nSPS) is 22.8. The van der Waals surface area contributed by atoms with Crippen LogP contribution in [0.5, 0.6) is 6.01 Å². The van der Waals surface area contributed by atoms with Crippen LogP contribution in [0.4, 0.5) is 30.8 Å². The summed E-state index contributed by atoms with van der Waals surface area (Å²) in [5.41, 5.74) is 6.02. The molecule has 1 unspecified atom stereocenters. The lowest BCUT2D eigenvalue weighted by molar-refractivity contribution is -0.136. The summed E-state index contributed by atoms with van der Waals surface area (Å²) < 4.78 is 59.9. The molecule has 4 atom stereocenters. The summed E-state index contributed by atoms with van der Waals surface area (Å²) in [5, 5.41) is 3.80. The van der Waals surface area contributed by atoms with E-state index in [2.05, 4.69) is 32.0 Å². The molecule has 4 amide bonds. The summed E-state index contributed by atoms with van der Waals surface area (Å²) in [6.07, 6.45) is 14.9. The standard InChI is InChI=1S/C72H72F2N10O8/c1-2-54-57(73)19-15-46-37-48(75-64(44-11-5-3-6-12-44)45-13-7-4-8-14-45)39-56(61(46)54)65-63(74)66-62-58(76-65)20-17-50-41-89-36-10-30-82(50)67(62)79-70(78-66)91-43-72-28-9-31-84(72)51(23-29-72)42-90-71(88)81-34-26-53(27-35-81)92-52-24-32-80(33-25-52)49-16-18-55-47(38-49)40-83(69(55)87)59-21-22-60(85)77-68(59)86/h1,3-8,11-16,18-19,37-39,50-53,59H,9-10,17,20-36,40-43H2,(H,77,85,86)/t50-,51-,59?,72-/m0/s1. The molecule has 10 heterocycles. The number of hydrogen-bond donors (Lipinski definition) is 1. The van der Waals surface area contributed by atoms with Gasteiger partial charge in [0.2, 0.25) is 11.8 Å². The third-order valence-electron chi connectivity index (χ3n) is 20.3. The van der Waals surface area contributed by atoms with Crippen LogP contribution < -0.4 is 19.9 Å². The minimum atomic E-state index is -0.710. The minimum absolute atomic E-state index is 0.00864. The first-order valence-electron chi connectivity index (χ1n) is 32.6. The van der Waals surface area contributed by atoms with Gasteiger partial charge in [0.25, 0.3) is 5.91 Å². The lowest BCUT2D eigenvalue weighted by atomic mass is 9.94. The van der Waals surface area contributed by atoms with E-state index in [1.165, 1.54) is 6.07 Å². The average Bonchev–Trinajstić information content (AvgIpc) is 1.11. The number of ether oxygens (including phenoxy) is 4. The Morgan fingerprint density at radius 1 is 0.772 bits per heavy atom. The predicted octanol–water partition coefficient (Wildman–Crippen LogP) is 10.2. The topological polar surface area (TPSA) is 184 Å². The summed E-state index contributed by atoms with van der Waals surface area (Å²) in [5.74, 6) is 0.898. The van der Waals surface area contributed by atoms with Crippen LogP contribution in [0.15, 0.2) is 108 Å². The van der Waals surface area contributed by atoms with E-state index in [1.54, 1.807) is 21.9 Å². The maximum absolute atomic E-state index is 18.3. The number of hydrogen-bond acceptors (Lipinski definition) is 15. The Balaban J connectivity index is 0.619. The first kappa shape index (κ1) is 59.4. The number of piperidine rings is 3. The van der Waals surface area contributed by atoms with Crippen LogP contribution in [0, 0.1) is 24.0 Å². The molecule has 0 aliphatic carbocycles. The Morgan fingerprint density at radius 2 is 1.54 bits per heavy atom. The van der Waals surface area contributed by atoms with Gasteiger partial charge in [-0.25, -0.2) is 23.6 Å². The molecule has 6 saturated heterocycles. The second-order valence-electron chi connectivity index (χ2n) is 25.8. The van der Waals surface area contributed by atoms with Crippen molar-refractivity contribution in [1.29, 1.82) is 0 Å². The van der Waals surface area contributed by atoms with Gasteiger partial charge in [-0.3, -0.25) is 24.6 Å². The number of nitrogens with one attached hydrogen (secondary N) is 1. The molecule has 8 aliphatic rings. The van der Waals surface area contributed by atoms with E-state index in [-0.39, 0.29) is 95.7 Å². The molecule has 92 heavy (non-hydrogen) atoms. The van der Waals surface area contributed by atoms with Gasteiger partial charge in [0.15, 0.2) is 5.82 Å². The van der Waals surface area contributed by atoms with Gasteiger partial charge < -0.3 is 38.5 Å². The molecule has 472 valence electrons. The summed E-state index contributed by atoms with van der Waals surface area (Å²) in [7, 11) is 0. The maximum Gasteiger partial charge on any atom is 0.409 e. The van der Waals surface area contributed by atoms with E-state index in [4.69, 9.17) is 45.3 Å². The van der Waals surface area contributed by atoms with Crippen LogP contribution in [0.1, 0.15) is 115 Å². The number of imide groups is 1. The van der Waals surface area contributed by atoms with Crippen LogP contribution in [0.25, 0.3) is 32.9 Å². The molecule has 0 saturated carbocycles. The number of nitrogens with zero attached hydrogens (tertiary/aromatic N) is 9. The number of rotatable bonds is 13. The third kappa shape index (κ3) is 11.2. The van der Waals surface area contributed by atoms with Gasteiger partial charge in [-0.05, 0) is 131 Å². The molecule has 15 rings (SSSR count). The van der Waals surface area contributed by atoms with Gasteiger partial charge >= 0.3 is 12.1 Å². The summed E-state index contributed by atoms with van der Waals surface area (Å²) in [6.45, 7) is 6.03. The molecule has 5 aromatic carbocycles. The molecule has 6 fully saturated rings. The number of benzene rings is 5. The Morgan fingerprint density at radius 3 is 2.30 bits per heavy atom. The number of carbonyl (C=O) groups excluding carboxylic acids is 4. The number of carbonyl (C=O) groups is 4. The van der Waals surface area contributed by atoms with Crippen molar-refractivity contribution in [2.45, 2.75) is 126 Å². The van der Waals surface area contributed by atoms with Crippen molar-refractivity contribution in [1.82, 2.24) is 35.0 Å². The Hall–Kier alpha value is -8.90. The molecule has 18 nitrogen and oxygen atoms in total. The highest BCUT2D eigenvalue weighted by molar-refractivity contribution is 6.15. The predicted molar refractivity (Wildman–Crippen MR) is 343 cm³/mol. The molecule has 2 aromatic heterocycles. The average molecular weight is 1240 g/mol. The third-order valence-corrected chi connectivity index (χ3v) is 20.3. The number of fused-ring (bicyclic) bond motifs is 5. The zero-order chi connectivity index (χ0) is 62.6. The maximum atomic E-state index is 18.3. The summed E-state index contributed by atoms with van der Waals surface area (Å²) in [4.78, 5) is 82.2. The quantitative estimate of drug-likeness (QED) is 0.0653. The van der Waals surface area contributed by atoms with Gasteiger partial charge in [-0.15, -0.1) is 6.42 Å². The second-order valence-corrected chi connectivity index (χ2v) is 25.8. The molecular formula is C72H72F2N10O8. The van der Waals surface area contributed by atoms with Gasteiger partial charge in [-0.1, -0.05) is 72.7 Å². The number of aromatic nitrogens is 3. The van der Waals surface area contributed by atoms with E-state index in [1.807, 2.05) is 78.9 Å². The van der Waals surface area contributed by atoms with E-state index in [0.717, 1.165) is 99.8 Å². The number of amides is 4. The fraction of sp³-hybridized carbons (Fsp3) is 0.417. The van der Waals surface area contributed by atoms with E-state index in [0.29, 0.717) is 103 Å². The van der Waals surface area contributed by atoms with Crippen molar-refractivity contribution >= 4 is 68.4 Å². The van der Waals surface area contributed by atoms with Gasteiger partial charge in [0.1, 0.15) is 42.1 Å². The van der Waals surface area contributed by atoms with Crippen molar-refractivity contribution in [3.8, 4) is 29.6 Å². The van der Waals surface area contributed by atoms with Crippen molar-refractivity contribution in [3.05, 3.63) is 148 Å². The van der Waals surface area contributed by atoms with Crippen LogP contribution >= 0.6 is 0 Å². The first-order chi connectivity index (χ1) is 44.9. The number of halogens is 2. The number of anilines is 2. The Labute approximate surface area is 532 Å². The fourth-order valence-electron chi connectivity index (χ4n) is 15.6. The fourth-order valence-corrected chi connectivity index (χ4v) is 15.6. The zero-order valence-electron chi connectivity index (χ0n) is 51.3. The summed E-state index contributed by atoms with van der Waals surface area (Å²) >= 11 is 0. The van der Waals surface area contributed by atoms with E-state index >= 15 is 8.78 Å². The highest BCUT2D eigenvalue weighted by Gasteiger charge is 2.51. The summed E-state index contributed by atoms with van der Waals surface area (Å²) in [6, 6.07) is 31.5. The molecule has 0 radical (unpaired) electrons. The molecule has 20 heteroatoms. The number of aliphatic imine (C=N–C) groups is 1. The molecule has 8 aliphatic heterocycles. The van der Waals surface area contributed by atoms with E-state index < -0.39 is 23.6 Å². The van der Waals surface area contributed by atoms with Crippen molar-refractivity contribution in [2.24, 2.45) is 4.99 Å². The van der Waals surface area contributed by atoms with Gasteiger partial charge in [-0.2, -0.15) is 9.97 Å². The van der Waals surface area contributed by atoms with Gasteiger partial charge in [0.05, 0.1) is 58.4 Å². The SMILES string of the molecule is C#Cc1c(F)ccc2cc(N=C(c3ccccc3)c3ccccc3)cc(-c3nc4c5c(nc(OC[C@@]67CCCN6[C@H](COC(=O)N6CCC(OC8CCN(c9ccc%10c(c9)CN(C9CCC(=O)NC9=O)C%10=O)CC8)CC6)CC7)nc5c3F)N3CCCOC[C@@H]3CC4)c12. The van der Waals surface area contributed by atoms with Crippen molar-refractivity contribution < 1.29 is 46.9 Å². The lowest BCUT2D eigenvalue weighted by Crippen LogP contribution is -2.52. The Kier molecular flexibility index (Phi) is 16.1. The van der Waals surface area contributed by atoms with E-state index in [9.17, 15) is 19.2 Å². The van der Waals surface area contributed by atoms with Gasteiger partial charge in [0, 0.05) is 91.7 Å². The molecule has 1 N–H and O–H groups in total. The number of pyridine rings is 1. The zero-order valence-corrected chi connectivity index (χ0v) is 51.3. The first-order valence-corrected chi connectivity index (χ1v) is 32.6. The number of terminal acetylenes is 1. The highest BCUT2D eigenvalue weighted by atomic mass is 19.1. The molecular weight excluding hydrogens is 1170 g/mol. The lowest BCUT2D eigenvalue weighted by Gasteiger charge is -2.38. The molecule has 7 aromatic rings. The van der Waals surface area contributed by atoms with Crippen LogP contribution in [0.3, 0.4) is 0 Å². The molecule has 0 spiro atoms. The second kappa shape index (κ2) is 25.0. The van der Waals surface area contributed by atoms with Crippen molar-refractivity contribution in [2.75, 3.05) is 75.5 Å². The van der Waals surface area contributed by atoms with Crippen LogP contribution in [-0.4, -0.2) is 161 Å². The number of likely N-dealkylation sites (tertiary alicyclic amines) is 1. The highest BCUT2D eigenvalue weighted by Crippen LogP contribution is 2.46. The minimum Gasteiger partial charge on any atom is -0.461 e. The molecule has 0 bridgehead atoms.